The zero-order chi connectivity index (χ0) is 21.5. The number of aromatic nitrogens is 6. The Hall–Kier alpha value is -3.62. The molecule has 0 radical (unpaired) electrons. The molecular weight excluding hydrogens is 382 g/mol. The summed E-state index contributed by atoms with van der Waals surface area (Å²) in [6.45, 7) is 9.87. The molecule has 0 unspecified atom stereocenters. The largest absolute Gasteiger partial charge is 0.338 e. The average Bonchev–Trinajstić information content (AvgIpc) is 3.29. The Kier molecular flexibility index (Phi) is 4.81. The lowest BCUT2D eigenvalue weighted by Crippen LogP contribution is -2.15. The highest BCUT2D eigenvalue weighted by atomic mass is 16.5. The van der Waals surface area contributed by atoms with Crippen molar-refractivity contribution in [1.82, 2.24) is 29.7 Å². The number of carbonyl (C=O) groups excluding carboxylic acids is 1. The first-order valence-electron chi connectivity index (χ1n) is 9.63. The summed E-state index contributed by atoms with van der Waals surface area (Å²) >= 11 is 0. The Morgan fingerprint density at radius 2 is 1.83 bits per heavy atom. The summed E-state index contributed by atoms with van der Waals surface area (Å²) in [4.78, 5) is 25.5. The van der Waals surface area contributed by atoms with Crippen LogP contribution >= 0.6 is 0 Å². The van der Waals surface area contributed by atoms with Crippen LogP contribution in [0.4, 0.5) is 5.69 Å². The van der Waals surface area contributed by atoms with Gasteiger partial charge in [0.05, 0.1) is 6.42 Å². The van der Waals surface area contributed by atoms with E-state index in [9.17, 15) is 4.79 Å². The maximum Gasteiger partial charge on any atom is 0.252 e. The molecule has 0 saturated heterocycles. The number of benzene rings is 1. The highest BCUT2D eigenvalue weighted by Crippen LogP contribution is 2.24. The van der Waals surface area contributed by atoms with Gasteiger partial charge in [0.25, 0.3) is 5.78 Å². The van der Waals surface area contributed by atoms with Crippen molar-refractivity contribution < 1.29 is 9.32 Å². The zero-order valence-electron chi connectivity index (χ0n) is 17.6. The molecule has 9 nitrogen and oxygen atoms in total. The van der Waals surface area contributed by atoms with E-state index in [1.54, 1.807) is 16.6 Å². The van der Waals surface area contributed by atoms with Crippen molar-refractivity contribution >= 4 is 17.4 Å². The fraction of sp³-hybridized carbons (Fsp3) is 0.333. The number of nitrogens with one attached hydrogen (secondary N) is 1. The number of hydrogen-bond acceptors (Lipinski definition) is 7. The molecule has 0 atom stereocenters. The van der Waals surface area contributed by atoms with E-state index >= 15 is 0 Å². The highest BCUT2D eigenvalue weighted by Gasteiger charge is 2.22. The van der Waals surface area contributed by atoms with Crippen LogP contribution in [0.25, 0.3) is 17.2 Å². The zero-order valence-corrected chi connectivity index (χ0v) is 17.6. The van der Waals surface area contributed by atoms with E-state index in [0.29, 0.717) is 29.0 Å². The molecule has 0 bridgehead atoms. The molecule has 1 amide bonds. The predicted octanol–water partition coefficient (Wildman–Crippen LogP) is 3.27. The lowest BCUT2D eigenvalue weighted by Gasteiger charge is -2.10. The Morgan fingerprint density at radius 3 is 2.50 bits per heavy atom. The van der Waals surface area contributed by atoms with Crippen molar-refractivity contribution in [3.05, 3.63) is 53.4 Å². The van der Waals surface area contributed by atoms with Gasteiger partial charge in [-0.25, -0.2) is 9.50 Å². The monoisotopic (exact) mass is 405 g/mol. The molecule has 9 heteroatoms. The summed E-state index contributed by atoms with van der Waals surface area (Å²) in [6.07, 6.45) is 0.0589. The van der Waals surface area contributed by atoms with Crippen LogP contribution in [-0.2, 0) is 16.6 Å². The minimum Gasteiger partial charge on any atom is -0.338 e. The molecule has 1 aromatic carbocycles. The molecule has 154 valence electrons. The van der Waals surface area contributed by atoms with E-state index in [-0.39, 0.29) is 17.7 Å². The van der Waals surface area contributed by atoms with Crippen molar-refractivity contribution in [2.24, 2.45) is 0 Å². The third kappa shape index (κ3) is 4.05. The number of aryl methyl sites for hydroxylation is 2. The second-order valence-corrected chi connectivity index (χ2v) is 8.25. The van der Waals surface area contributed by atoms with Crippen LogP contribution in [0.2, 0.25) is 0 Å². The summed E-state index contributed by atoms with van der Waals surface area (Å²) in [7, 11) is 0. The molecule has 0 fully saturated rings. The molecule has 30 heavy (non-hydrogen) atoms. The van der Waals surface area contributed by atoms with Crippen LogP contribution in [-0.4, -0.2) is 35.6 Å². The first-order valence-corrected chi connectivity index (χ1v) is 9.63. The fourth-order valence-electron chi connectivity index (χ4n) is 2.98. The average molecular weight is 405 g/mol. The Balaban J connectivity index is 1.44. The summed E-state index contributed by atoms with van der Waals surface area (Å²) < 4.78 is 6.97. The van der Waals surface area contributed by atoms with Gasteiger partial charge in [-0.1, -0.05) is 25.9 Å². The summed E-state index contributed by atoms with van der Waals surface area (Å²) in [5.41, 5.74) is 3.05. The Morgan fingerprint density at radius 1 is 1.10 bits per heavy atom. The third-order valence-corrected chi connectivity index (χ3v) is 4.48. The standard InChI is InChI=1S/C21H23N7O2/c1-12-10-13(2)28-20(22-12)24-16(26-28)11-17(29)23-15-8-6-14(7-9-15)18-25-19(30-27-18)21(3,4)5/h6-10H,11H2,1-5H3,(H,23,29). The van der Waals surface area contributed by atoms with Gasteiger partial charge in [0.1, 0.15) is 0 Å². The van der Waals surface area contributed by atoms with Crippen LogP contribution in [0.15, 0.2) is 34.9 Å². The van der Waals surface area contributed by atoms with Gasteiger partial charge in [-0.2, -0.15) is 9.97 Å². The van der Waals surface area contributed by atoms with Crippen molar-refractivity contribution in [3.8, 4) is 11.4 Å². The summed E-state index contributed by atoms with van der Waals surface area (Å²) in [5, 5.41) is 11.3. The van der Waals surface area contributed by atoms with E-state index in [0.717, 1.165) is 17.0 Å². The maximum absolute atomic E-state index is 12.4. The molecule has 0 saturated carbocycles. The van der Waals surface area contributed by atoms with Gasteiger partial charge in [-0.15, -0.1) is 5.10 Å². The topological polar surface area (TPSA) is 111 Å². The molecular formula is C21H23N7O2. The number of nitrogens with zero attached hydrogens (tertiary/aromatic N) is 6. The van der Waals surface area contributed by atoms with Gasteiger partial charge in [0, 0.05) is 28.1 Å². The van der Waals surface area contributed by atoms with Crippen LogP contribution < -0.4 is 5.32 Å². The van der Waals surface area contributed by atoms with Gasteiger partial charge in [-0.3, -0.25) is 4.79 Å². The Bertz CT molecular complexity index is 1220. The quantitative estimate of drug-likeness (QED) is 0.554. The molecule has 1 N–H and O–H groups in total. The Labute approximate surface area is 173 Å². The number of anilines is 1. The number of amides is 1. The third-order valence-electron chi connectivity index (χ3n) is 4.48. The fourth-order valence-corrected chi connectivity index (χ4v) is 2.98. The SMILES string of the molecule is Cc1cc(C)n2nc(CC(=O)Nc3ccc(-c4noc(C(C)(C)C)n4)cc3)nc2n1. The molecule has 4 aromatic rings. The number of fused-ring (bicyclic) bond motifs is 1. The van der Waals surface area contributed by atoms with E-state index in [1.165, 1.54) is 0 Å². The lowest BCUT2D eigenvalue weighted by molar-refractivity contribution is -0.115. The van der Waals surface area contributed by atoms with Crippen LogP contribution in [0.1, 0.15) is 43.9 Å². The maximum atomic E-state index is 12.4. The first kappa shape index (κ1) is 19.7. The van der Waals surface area contributed by atoms with E-state index in [2.05, 4.69) is 30.5 Å². The van der Waals surface area contributed by atoms with Crippen molar-refractivity contribution in [2.75, 3.05) is 5.32 Å². The minimum atomic E-state index is -0.210. The van der Waals surface area contributed by atoms with Crippen molar-refractivity contribution in [2.45, 2.75) is 46.5 Å². The normalized spacial score (nSPS) is 11.8. The predicted molar refractivity (Wildman–Crippen MR) is 111 cm³/mol. The summed E-state index contributed by atoms with van der Waals surface area (Å²) in [6, 6.07) is 9.19. The first-order chi connectivity index (χ1) is 14.2. The van der Waals surface area contributed by atoms with Crippen LogP contribution in [0.5, 0.6) is 0 Å². The molecule has 3 aromatic heterocycles. The number of carbonyl (C=O) groups is 1. The van der Waals surface area contributed by atoms with Crippen molar-refractivity contribution in [1.29, 1.82) is 0 Å². The molecule has 0 aliphatic rings. The molecule has 0 aliphatic heterocycles. The van der Waals surface area contributed by atoms with Gasteiger partial charge in [-0.05, 0) is 44.2 Å². The second-order valence-electron chi connectivity index (χ2n) is 8.25. The molecule has 4 rings (SSSR count). The van der Waals surface area contributed by atoms with Gasteiger partial charge in [0.15, 0.2) is 5.82 Å². The number of rotatable bonds is 4. The smallest absolute Gasteiger partial charge is 0.252 e. The number of hydrogen-bond donors (Lipinski definition) is 1. The molecule has 3 heterocycles. The van der Waals surface area contributed by atoms with E-state index < -0.39 is 0 Å². The van der Waals surface area contributed by atoms with Crippen LogP contribution in [0.3, 0.4) is 0 Å². The highest BCUT2D eigenvalue weighted by molar-refractivity contribution is 5.92. The van der Waals surface area contributed by atoms with Gasteiger partial charge < -0.3 is 9.84 Å². The second kappa shape index (κ2) is 7.33. The van der Waals surface area contributed by atoms with Gasteiger partial charge >= 0.3 is 0 Å². The minimum absolute atomic E-state index is 0.0589. The summed E-state index contributed by atoms with van der Waals surface area (Å²) in [5.74, 6) is 1.81. The van der Waals surface area contributed by atoms with Crippen molar-refractivity contribution in [3.63, 3.8) is 0 Å². The lowest BCUT2D eigenvalue weighted by atomic mass is 9.97. The van der Waals surface area contributed by atoms with Gasteiger partial charge in [0.2, 0.25) is 17.6 Å². The molecule has 0 spiro atoms. The molecule has 0 aliphatic carbocycles. The van der Waals surface area contributed by atoms with Crippen LogP contribution in [0, 0.1) is 13.8 Å². The van der Waals surface area contributed by atoms with E-state index in [1.807, 2.05) is 52.8 Å². The van der Waals surface area contributed by atoms with E-state index in [4.69, 9.17) is 4.52 Å².